The molecule has 130 valence electrons. The average Bonchev–Trinajstić information content (AvgIpc) is 2.63. The van der Waals surface area contributed by atoms with Gasteiger partial charge in [-0.2, -0.15) is 5.26 Å². The molecular formula is C21H24N2O2. The number of nitrogens with zero attached hydrogens (tertiary/aromatic N) is 1. The largest absolute Gasteiger partial charge is 0.494 e. The molecule has 0 saturated heterocycles. The van der Waals surface area contributed by atoms with Crippen molar-refractivity contribution >= 4 is 11.6 Å². The Bertz CT molecular complexity index is 745. The normalized spacial score (nSPS) is 10.1. The summed E-state index contributed by atoms with van der Waals surface area (Å²) in [6.07, 6.45) is 3.45. The molecule has 0 spiro atoms. The van der Waals surface area contributed by atoms with Crippen LogP contribution >= 0.6 is 0 Å². The molecule has 2 aromatic rings. The van der Waals surface area contributed by atoms with Gasteiger partial charge in [-0.05, 0) is 37.1 Å². The van der Waals surface area contributed by atoms with Crippen LogP contribution in [0.2, 0.25) is 0 Å². The molecule has 4 nitrogen and oxygen atoms in total. The van der Waals surface area contributed by atoms with Crippen LogP contribution in [0.25, 0.3) is 11.1 Å². The summed E-state index contributed by atoms with van der Waals surface area (Å²) >= 11 is 0. The first kappa shape index (κ1) is 18.5. The molecule has 0 atom stereocenters. The van der Waals surface area contributed by atoms with Crippen LogP contribution in [0.15, 0.2) is 42.5 Å². The first-order valence-electron chi connectivity index (χ1n) is 8.75. The number of benzene rings is 2. The number of carbonyl (C=O) groups excluding carboxylic acids is 1. The number of hydrogen-bond donors (Lipinski definition) is 1. The molecule has 0 aromatic heterocycles. The second kappa shape index (κ2) is 9.48. The Hall–Kier alpha value is -2.80. The van der Waals surface area contributed by atoms with Crippen LogP contribution in [-0.2, 0) is 4.79 Å². The zero-order valence-corrected chi connectivity index (χ0v) is 14.8. The Morgan fingerprint density at radius 3 is 2.52 bits per heavy atom. The van der Waals surface area contributed by atoms with E-state index < -0.39 is 0 Å². The smallest absolute Gasteiger partial charge is 0.224 e. The molecule has 0 aliphatic rings. The number of hydrogen-bond acceptors (Lipinski definition) is 3. The number of ether oxygens (including phenoxy) is 1. The summed E-state index contributed by atoms with van der Waals surface area (Å²) in [5.74, 6) is 0.749. The van der Waals surface area contributed by atoms with Gasteiger partial charge in [0, 0.05) is 12.0 Å². The minimum atomic E-state index is -0.0474. The number of amides is 1. The fourth-order valence-electron chi connectivity index (χ4n) is 2.66. The average molecular weight is 336 g/mol. The van der Waals surface area contributed by atoms with Crippen molar-refractivity contribution in [2.45, 2.75) is 39.5 Å². The van der Waals surface area contributed by atoms with Crippen LogP contribution in [-0.4, -0.2) is 12.5 Å². The molecule has 1 amide bonds. The van der Waals surface area contributed by atoms with Gasteiger partial charge in [-0.25, -0.2) is 0 Å². The number of rotatable bonds is 8. The summed E-state index contributed by atoms with van der Waals surface area (Å²) in [7, 11) is 0. The lowest BCUT2D eigenvalue weighted by atomic mass is 9.98. The predicted octanol–water partition coefficient (Wildman–Crippen LogP) is 5.14. The van der Waals surface area contributed by atoms with Crippen LogP contribution in [0.3, 0.4) is 0 Å². The summed E-state index contributed by atoms with van der Waals surface area (Å²) in [5, 5.41) is 12.5. The molecule has 0 heterocycles. The third-order valence-electron chi connectivity index (χ3n) is 3.93. The van der Waals surface area contributed by atoms with E-state index in [1.165, 1.54) is 0 Å². The van der Waals surface area contributed by atoms with E-state index in [4.69, 9.17) is 4.74 Å². The molecule has 0 bridgehead atoms. The number of carbonyl (C=O) groups is 1. The second-order valence-corrected chi connectivity index (χ2v) is 5.80. The monoisotopic (exact) mass is 336 g/mol. The van der Waals surface area contributed by atoms with E-state index >= 15 is 0 Å². The van der Waals surface area contributed by atoms with E-state index in [1.54, 1.807) is 6.07 Å². The van der Waals surface area contributed by atoms with Gasteiger partial charge in [0.1, 0.15) is 11.8 Å². The van der Waals surface area contributed by atoms with Gasteiger partial charge in [-0.3, -0.25) is 4.79 Å². The van der Waals surface area contributed by atoms with Gasteiger partial charge in [0.25, 0.3) is 0 Å². The molecule has 2 rings (SSSR count). The van der Waals surface area contributed by atoms with Crippen molar-refractivity contribution < 1.29 is 9.53 Å². The van der Waals surface area contributed by atoms with E-state index in [2.05, 4.69) is 18.3 Å². The van der Waals surface area contributed by atoms with Gasteiger partial charge >= 0.3 is 0 Å². The summed E-state index contributed by atoms with van der Waals surface area (Å²) < 4.78 is 5.45. The third-order valence-corrected chi connectivity index (χ3v) is 3.93. The Labute approximate surface area is 149 Å². The maximum atomic E-state index is 12.1. The SMILES string of the molecule is CCCCCC(=O)Nc1cccc(-c2ccc(OCC)cc2)c1C#N. The lowest BCUT2D eigenvalue weighted by molar-refractivity contribution is -0.116. The molecular weight excluding hydrogens is 312 g/mol. The quantitative estimate of drug-likeness (QED) is 0.679. The standard InChI is InChI=1S/C21H24N2O2/c1-3-5-6-10-21(24)23-20-9-7-8-18(19(20)15-22)16-11-13-17(14-12-16)25-4-2/h7-9,11-14H,3-6,10H2,1-2H3,(H,23,24). The predicted molar refractivity (Wildman–Crippen MR) is 101 cm³/mol. The van der Waals surface area contributed by atoms with Gasteiger partial charge < -0.3 is 10.1 Å². The number of nitrogens with one attached hydrogen (secondary N) is 1. The summed E-state index contributed by atoms with van der Waals surface area (Å²) in [6, 6.07) is 15.4. The second-order valence-electron chi connectivity index (χ2n) is 5.80. The minimum Gasteiger partial charge on any atom is -0.494 e. The number of anilines is 1. The zero-order valence-electron chi connectivity index (χ0n) is 14.8. The van der Waals surface area contributed by atoms with Crippen LogP contribution in [0.1, 0.15) is 45.1 Å². The molecule has 25 heavy (non-hydrogen) atoms. The van der Waals surface area contributed by atoms with Crippen molar-refractivity contribution in [3.8, 4) is 22.9 Å². The first-order chi connectivity index (χ1) is 12.2. The lowest BCUT2D eigenvalue weighted by Crippen LogP contribution is -2.12. The van der Waals surface area contributed by atoms with Crippen molar-refractivity contribution in [3.05, 3.63) is 48.0 Å². The van der Waals surface area contributed by atoms with Crippen molar-refractivity contribution in [2.75, 3.05) is 11.9 Å². The van der Waals surface area contributed by atoms with Gasteiger partial charge in [-0.15, -0.1) is 0 Å². The molecule has 0 fully saturated rings. The molecule has 0 unspecified atom stereocenters. The van der Waals surface area contributed by atoms with Gasteiger partial charge in [0.15, 0.2) is 0 Å². The van der Waals surface area contributed by atoms with Crippen LogP contribution in [0.5, 0.6) is 5.75 Å². The number of nitriles is 1. The maximum absolute atomic E-state index is 12.1. The van der Waals surface area contributed by atoms with Gasteiger partial charge in [-0.1, -0.05) is 44.0 Å². The van der Waals surface area contributed by atoms with Crippen LogP contribution in [0.4, 0.5) is 5.69 Å². The zero-order chi connectivity index (χ0) is 18.1. The molecule has 1 N–H and O–H groups in total. The Morgan fingerprint density at radius 2 is 1.88 bits per heavy atom. The van der Waals surface area contributed by atoms with Crippen LogP contribution in [0, 0.1) is 11.3 Å². The maximum Gasteiger partial charge on any atom is 0.224 e. The van der Waals surface area contributed by atoms with Crippen molar-refractivity contribution in [1.82, 2.24) is 0 Å². The highest BCUT2D eigenvalue weighted by molar-refractivity contribution is 5.94. The van der Waals surface area contributed by atoms with Crippen LogP contribution < -0.4 is 10.1 Å². The first-order valence-corrected chi connectivity index (χ1v) is 8.75. The minimum absolute atomic E-state index is 0.0474. The summed E-state index contributed by atoms with van der Waals surface area (Å²) in [4.78, 5) is 12.1. The van der Waals surface area contributed by atoms with E-state index in [1.807, 2.05) is 43.3 Å². The van der Waals surface area contributed by atoms with Crippen molar-refractivity contribution in [3.63, 3.8) is 0 Å². The fourth-order valence-corrected chi connectivity index (χ4v) is 2.66. The Balaban J connectivity index is 2.22. The topological polar surface area (TPSA) is 62.1 Å². The fraction of sp³-hybridized carbons (Fsp3) is 0.333. The van der Waals surface area contributed by atoms with Crippen molar-refractivity contribution in [2.24, 2.45) is 0 Å². The number of unbranched alkanes of at least 4 members (excludes halogenated alkanes) is 2. The highest BCUT2D eigenvalue weighted by Gasteiger charge is 2.12. The molecule has 0 aliphatic carbocycles. The summed E-state index contributed by atoms with van der Waals surface area (Å²) in [5.41, 5.74) is 2.77. The van der Waals surface area contributed by atoms with Gasteiger partial charge in [0.2, 0.25) is 5.91 Å². The summed E-state index contributed by atoms with van der Waals surface area (Å²) in [6.45, 7) is 4.66. The third kappa shape index (κ3) is 5.09. The van der Waals surface area contributed by atoms with Gasteiger partial charge in [0.05, 0.1) is 17.9 Å². The van der Waals surface area contributed by atoms with E-state index in [-0.39, 0.29) is 5.91 Å². The van der Waals surface area contributed by atoms with E-state index in [9.17, 15) is 10.1 Å². The van der Waals surface area contributed by atoms with E-state index in [0.717, 1.165) is 36.1 Å². The molecule has 0 aliphatic heterocycles. The van der Waals surface area contributed by atoms with Crippen molar-refractivity contribution in [1.29, 1.82) is 5.26 Å². The molecule has 2 aromatic carbocycles. The lowest BCUT2D eigenvalue weighted by Gasteiger charge is -2.12. The van der Waals surface area contributed by atoms with E-state index in [0.29, 0.717) is 24.3 Å². The molecule has 4 heteroatoms. The molecule has 0 radical (unpaired) electrons. The molecule has 0 saturated carbocycles. The highest BCUT2D eigenvalue weighted by Crippen LogP contribution is 2.30. The Morgan fingerprint density at radius 1 is 1.12 bits per heavy atom. The highest BCUT2D eigenvalue weighted by atomic mass is 16.5. The Kier molecular flexibility index (Phi) is 7.03.